The summed E-state index contributed by atoms with van der Waals surface area (Å²) in [4.78, 5) is 23.8. The molecular formula is C25H20N4O4. The Balaban J connectivity index is 1.23. The first-order valence-corrected chi connectivity index (χ1v) is 10.7. The number of ether oxygens (including phenoxy) is 3. The molecule has 1 atom stereocenters. The zero-order valence-corrected chi connectivity index (χ0v) is 17.6. The zero-order chi connectivity index (χ0) is 22.2. The maximum Gasteiger partial charge on any atom is 0.225 e. The molecule has 0 aliphatic carbocycles. The number of imidazole rings is 1. The second-order valence-corrected chi connectivity index (χ2v) is 7.85. The standard InChI is InChI=1S/C25H20N4O4/c30-23-9-7-17-19(10-11-26-24(17)29-23)32-16-6-8-20-21(12-16)33-22(14-31-20)25-27-13-18(28-25)15-4-2-1-3-5-15/h1-6,8,10-13,22H,7,9,14H2,(H,27,28)(H,26,29,30)/t22-/m0/s1. The maximum atomic E-state index is 11.7. The van der Waals surface area contributed by atoms with E-state index in [1.807, 2.05) is 48.7 Å². The van der Waals surface area contributed by atoms with E-state index in [9.17, 15) is 4.79 Å². The Morgan fingerprint density at radius 1 is 1.03 bits per heavy atom. The highest BCUT2D eigenvalue weighted by Gasteiger charge is 2.26. The summed E-state index contributed by atoms with van der Waals surface area (Å²) in [5.41, 5.74) is 2.77. The van der Waals surface area contributed by atoms with Gasteiger partial charge >= 0.3 is 0 Å². The van der Waals surface area contributed by atoms with Crippen molar-refractivity contribution in [1.82, 2.24) is 15.0 Å². The summed E-state index contributed by atoms with van der Waals surface area (Å²) in [7, 11) is 0. The van der Waals surface area contributed by atoms with Crippen molar-refractivity contribution in [3.8, 4) is 34.3 Å². The minimum absolute atomic E-state index is 0.0362. The summed E-state index contributed by atoms with van der Waals surface area (Å²) in [5.74, 6) is 3.71. The quantitative estimate of drug-likeness (QED) is 0.479. The predicted octanol–water partition coefficient (Wildman–Crippen LogP) is 4.66. The summed E-state index contributed by atoms with van der Waals surface area (Å²) in [6.45, 7) is 0.354. The monoisotopic (exact) mass is 440 g/mol. The van der Waals surface area contributed by atoms with Crippen LogP contribution >= 0.6 is 0 Å². The summed E-state index contributed by atoms with van der Waals surface area (Å²) in [6.07, 6.45) is 4.11. The number of carbonyl (C=O) groups excluding carboxylic acids is 1. The summed E-state index contributed by atoms with van der Waals surface area (Å²) in [6, 6.07) is 17.2. The minimum atomic E-state index is -0.367. The lowest BCUT2D eigenvalue weighted by Gasteiger charge is -2.26. The average molecular weight is 440 g/mol. The van der Waals surface area contributed by atoms with E-state index in [1.165, 1.54) is 0 Å². The van der Waals surface area contributed by atoms with Crippen LogP contribution in [0.1, 0.15) is 23.9 Å². The topological polar surface area (TPSA) is 98.4 Å². The third-order valence-electron chi connectivity index (χ3n) is 5.65. The Kier molecular flexibility index (Phi) is 4.68. The maximum absolute atomic E-state index is 11.7. The van der Waals surface area contributed by atoms with E-state index >= 15 is 0 Å². The van der Waals surface area contributed by atoms with Crippen molar-refractivity contribution in [2.75, 3.05) is 11.9 Å². The third-order valence-corrected chi connectivity index (χ3v) is 5.65. The van der Waals surface area contributed by atoms with Gasteiger partial charge in [-0.05, 0) is 24.6 Å². The van der Waals surface area contributed by atoms with Crippen LogP contribution in [-0.4, -0.2) is 27.5 Å². The van der Waals surface area contributed by atoms with Gasteiger partial charge < -0.3 is 24.5 Å². The van der Waals surface area contributed by atoms with E-state index in [2.05, 4.69) is 20.3 Å². The molecule has 2 N–H and O–H groups in total. The van der Waals surface area contributed by atoms with Crippen LogP contribution in [0.2, 0.25) is 0 Å². The Morgan fingerprint density at radius 3 is 2.85 bits per heavy atom. The lowest BCUT2D eigenvalue weighted by atomic mass is 10.1. The van der Waals surface area contributed by atoms with E-state index < -0.39 is 0 Å². The number of hydrogen-bond acceptors (Lipinski definition) is 6. The van der Waals surface area contributed by atoms with Gasteiger partial charge in [0.2, 0.25) is 5.91 Å². The first-order valence-electron chi connectivity index (χ1n) is 10.7. The van der Waals surface area contributed by atoms with Gasteiger partial charge in [-0.1, -0.05) is 30.3 Å². The molecule has 2 aliphatic heterocycles. The van der Waals surface area contributed by atoms with Crippen molar-refractivity contribution in [1.29, 1.82) is 0 Å². The highest BCUT2D eigenvalue weighted by molar-refractivity contribution is 5.93. The smallest absolute Gasteiger partial charge is 0.225 e. The third kappa shape index (κ3) is 3.76. The number of aromatic amines is 1. The molecule has 0 saturated carbocycles. The van der Waals surface area contributed by atoms with Gasteiger partial charge in [-0.3, -0.25) is 4.79 Å². The molecular weight excluding hydrogens is 420 g/mol. The molecule has 1 amide bonds. The van der Waals surface area contributed by atoms with Crippen molar-refractivity contribution >= 4 is 11.7 Å². The Morgan fingerprint density at radius 2 is 1.94 bits per heavy atom. The first kappa shape index (κ1) is 19.4. The molecule has 0 radical (unpaired) electrons. The number of fused-ring (bicyclic) bond motifs is 2. The summed E-state index contributed by atoms with van der Waals surface area (Å²) in [5, 5.41) is 2.79. The molecule has 6 rings (SSSR count). The molecule has 4 heterocycles. The van der Waals surface area contributed by atoms with Gasteiger partial charge in [0.15, 0.2) is 23.4 Å². The highest BCUT2D eigenvalue weighted by atomic mass is 16.6. The Bertz CT molecular complexity index is 1340. The fraction of sp³-hybridized carbons (Fsp3) is 0.160. The van der Waals surface area contributed by atoms with Crippen LogP contribution in [0.3, 0.4) is 0 Å². The molecule has 33 heavy (non-hydrogen) atoms. The summed E-state index contributed by atoms with van der Waals surface area (Å²) < 4.78 is 18.2. The number of carbonyl (C=O) groups is 1. The van der Waals surface area contributed by atoms with E-state index in [0.29, 0.717) is 54.1 Å². The molecule has 0 saturated heterocycles. The predicted molar refractivity (Wildman–Crippen MR) is 121 cm³/mol. The van der Waals surface area contributed by atoms with Crippen LogP contribution < -0.4 is 19.5 Å². The molecule has 8 nitrogen and oxygen atoms in total. The van der Waals surface area contributed by atoms with E-state index in [1.54, 1.807) is 18.3 Å². The molecule has 164 valence electrons. The van der Waals surface area contributed by atoms with Crippen molar-refractivity contribution < 1.29 is 19.0 Å². The number of hydrogen-bond donors (Lipinski definition) is 2. The fourth-order valence-electron chi connectivity index (χ4n) is 3.99. The lowest BCUT2D eigenvalue weighted by Crippen LogP contribution is -2.22. The lowest BCUT2D eigenvalue weighted by molar-refractivity contribution is -0.116. The minimum Gasteiger partial charge on any atom is -0.485 e. The zero-order valence-electron chi connectivity index (χ0n) is 17.6. The SMILES string of the molecule is O=C1CCc2c(Oc3ccc4c(c3)O[C@H](c3nc(-c5ccccc5)c[nH]3)CO4)ccnc2N1. The average Bonchev–Trinajstić information content (AvgIpc) is 3.35. The number of aromatic nitrogens is 3. The molecule has 0 unspecified atom stereocenters. The van der Waals surface area contributed by atoms with E-state index in [4.69, 9.17) is 14.2 Å². The van der Waals surface area contributed by atoms with Crippen molar-refractivity contribution in [2.24, 2.45) is 0 Å². The van der Waals surface area contributed by atoms with Crippen LogP contribution in [0.5, 0.6) is 23.0 Å². The van der Waals surface area contributed by atoms with Crippen LogP contribution in [0.15, 0.2) is 67.0 Å². The van der Waals surface area contributed by atoms with Crippen molar-refractivity contribution in [2.45, 2.75) is 18.9 Å². The number of benzene rings is 2. The van der Waals surface area contributed by atoms with Gasteiger partial charge in [0.1, 0.15) is 23.9 Å². The molecule has 0 fully saturated rings. The molecule has 2 aliphatic rings. The van der Waals surface area contributed by atoms with E-state index in [-0.39, 0.29) is 12.0 Å². The van der Waals surface area contributed by atoms with Crippen molar-refractivity contribution in [3.05, 3.63) is 78.4 Å². The number of pyridine rings is 1. The van der Waals surface area contributed by atoms with Crippen LogP contribution in [0, 0.1) is 0 Å². The van der Waals surface area contributed by atoms with Gasteiger partial charge in [-0.25, -0.2) is 9.97 Å². The number of rotatable bonds is 4. The molecule has 2 aromatic heterocycles. The number of H-pyrrole nitrogens is 1. The van der Waals surface area contributed by atoms with Gasteiger partial charge in [-0.2, -0.15) is 0 Å². The number of anilines is 1. The molecule has 0 bridgehead atoms. The second-order valence-electron chi connectivity index (χ2n) is 7.85. The Labute approximate surface area is 189 Å². The fourth-order valence-corrected chi connectivity index (χ4v) is 3.99. The van der Waals surface area contributed by atoms with Crippen LogP contribution in [0.25, 0.3) is 11.3 Å². The van der Waals surface area contributed by atoms with Gasteiger partial charge in [0, 0.05) is 36.0 Å². The van der Waals surface area contributed by atoms with Crippen molar-refractivity contribution in [3.63, 3.8) is 0 Å². The van der Waals surface area contributed by atoms with Crippen LogP contribution in [-0.2, 0) is 11.2 Å². The largest absolute Gasteiger partial charge is 0.485 e. The normalized spacial score (nSPS) is 16.6. The second kappa shape index (κ2) is 7.98. The van der Waals surface area contributed by atoms with Gasteiger partial charge in [0.25, 0.3) is 0 Å². The summed E-state index contributed by atoms with van der Waals surface area (Å²) >= 11 is 0. The van der Waals surface area contributed by atoms with Gasteiger partial charge in [0.05, 0.1) is 5.69 Å². The van der Waals surface area contributed by atoms with Gasteiger partial charge in [-0.15, -0.1) is 0 Å². The van der Waals surface area contributed by atoms with Crippen LogP contribution in [0.4, 0.5) is 5.82 Å². The molecule has 2 aromatic carbocycles. The molecule has 0 spiro atoms. The number of nitrogens with zero attached hydrogens (tertiary/aromatic N) is 2. The molecule has 4 aromatic rings. The highest BCUT2D eigenvalue weighted by Crippen LogP contribution is 2.40. The van der Waals surface area contributed by atoms with E-state index in [0.717, 1.165) is 16.8 Å². The number of amides is 1. The number of nitrogens with one attached hydrogen (secondary N) is 2. The Hall–Kier alpha value is -4.33. The molecule has 8 heteroatoms. The first-order chi connectivity index (χ1) is 16.2.